The van der Waals surface area contributed by atoms with Gasteiger partial charge in [-0.05, 0) is 53.6 Å². The summed E-state index contributed by atoms with van der Waals surface area (Å²) in [5, 5.41) is 1.19. The molecule has 1 atom stereocenters. The summed E-state index contributed by atoms with van der Waals surface area (Å²) in [5.41, 5.74) is 4.25. The van der Waals surface area contributed by atoms with Crippen LogP contribution in [-0.2, 0) is 6.42 Å². The second kappa shape index (κ2) is 6.52. The molecule has 3 N–H and O–H groups in total. The first-order valence-electron chi connectivity index (χ1n) is 7.59. The molecular formula is C15H28N4S. The fraction of sp³-hybridized carbons (Fsp3) is 0.800. The molecule has 0 aromatic carbocycles. The number of aromatic nitrogens is 1. The van der Waals surface area contributed by atoms with Crippen LogP contribution in [0.25, 0.3) is 0 Å². The molecule has 1 saturated heterocycles. The van der Waals surface area contributed by atoms with Crippen LogP contribution < -0.4 is 11.3 Å². The first kappa shape index (κ1) is 15.9. The molecule has 1 aromatic rings. The highest BCUT2D eigenvalue weighted by atomic mass is 32.1. The first-order chi connectivity index (χ1) is 9.45. The second-order valence-electron chi connectivity index (χ2n) is 6.37. The van der Waals surface area contributed by atoms with E-state index in [9.17, 15) is 0 Å². The normalized spacial score (nSPS) is 19.2. The molecule has 1 aliphatic rings. The molecule has 1 unspecified atom stereocenters. The lowest BCUT2D eigenvalue weighted by Gasteiger charge is -2.45. The molecule has 20 heavy (non-hydrogen) atoms. The molecule has 4 nitrogen and oxygen atoms in total. The minimum absolute atomic E-state index is 0.0582. The summed E-state index contributed by atoms with van der Waals surface area (Å²) in [4.78, 5) is 8.55. The van der Waals surface area contributed by atoms with E-state index in [2.05, 4.69) is 43.0 Å². The van der Waals surface area contributed by atoms with Gasteiger partial charge in [0.2, 0.25) is 0 Å². The highest BCUT2D eigenvalue weighted by molar-refractivity contribution is 7.11. The summed E-state index contributed by atoms with van der Waals surface area (Å²) in [6.45, 7) is 11.2. The summed E-state index contributed by atoms with van der Waals surface area (Å²) >= 11 is 1.80. The van der Waals surface area contributed by atoms with Crippen molar-refractivity contribution in [2.24, 2.45) is 5.84 Å². The van der Waals surface area contributed by atoms with Crippen molar-refractivity contribution in [2.45, 2.75) is 65.0 Å². The van der Waals surface area contributed by atoms with Crippen LogP contribution in [0.3, 0.4) is 0 Å². The molecule has 0 amide bonds. The third-order valence-electron chi connectivity index (χ3n) is 4.68. The van der Waals surface area contributed by atoms with Crippen LogP contribution in [0.2, 0.25) is 0 Å². The van der Waals surface area contributed by atoms with E-state index in [-0.39, 0.29) is 11.6 Å². The Morgan fingerprint density at radius 3 is 2.45 bits per heavy atom. The molecule has 114 valence electrons. The molecular weight excluding hydrogens is 268 g/mol. The topological polar surface area (TPSA) is 54.2 Å². The predicted octanol–water partition coefficient (Wildman–Crippen LogP) is 2.40. The van der Waals surface area contributed by atoms with Crippen molar-refractivity contribution in [3.8, 4) is 0 Å². The van der Waals surface area contributed by atoms with E-state index < -0.39 is 0 Å². The van der Waals surface area contributed by atoms with Gasteiger partial charge >= 0.3 is 0 Å². The Bertz CT molecular complexity index is 416. The smallest absolute Gasteiger partial charge is 0.0947 e. The third kappa shape index (κ3) is 3.39. The number of nitrogens with zero attached hydrogens (tertiary/aromatic N) is 2. The predicted molar refractivity (Wildman–Crippen MR) is 85.9 cm³/mol. The maximum Gasteiger partial charge on any atom is 0.0947 e. The Morgan fingerprint density at radius 1 is 1.30 bits per heavy atom. The molecule has 1 fully saturated rings. The van der Waals surface area contributed by atoms with Crippen molar-refractivity contribution in [3.05, 3.63) is 15.6 Å². The summed E-state index contributed by atoms with van der Waals surface area (Å²) in [5.74, 6) is 5.86. The van der Waals surface area contributed by atoms with Crippen LogP contribution in [0.1, 0.15) is 48.7 Å². The van der Waals surface area contributed by atoms with Gasteiger partial charge in [0.05, 0.1) is 10.7 Å². The van der Waals surface area contributed by atoms with E-state index in [0.717, 1.165) is 12.1 Å². The molecule has 0 aliphatic carbocycles. The second-order valence-corrected chi connectivity index (χ2v) is 7.66. The van der Waals surface area contributed by atoms with Gasteiger partial charge in [0, 0.05) is 22.9 Å². The van der Waals surface area contributed by atoms with Gasteiger partial charge in [-0.15, -0.1) is 11.3 Å². The molecule has 1 aromatic heterocycles. The minimum Gasteiger partial charge on any atom is -0.297 e. The molecule has 5 heteroatoms. The number of nitrogens with one attached hydrogen (secondary N) is 1. The highest BCUT2D eigenvalue weighted by Crippen LogP contribution is 2.27. The zero-order chi connectivity index (χ0) is 14.8. The van der Waals surface area contributed by atoms with Crippen LogP contribution in [0.5, 0.6) is 0 Å². The van der Waals surface area contributed by atoms with Gasteiger partial charge < -0.3 is 0 Å². The van der Waals surface area contributed by atoms with Crippen LogP contribution in [0.4, 0.5) is 0 Å². The van der Waals surface area contributed by atoms with Gasteiger partial charge in [0.1, 0.15) is 0 Å². The van der Waals surface area contributed by atoms with E-state index >= 15 is 0 Å². The summed E-state index contributed by atoms with van der Waals surface area (Å²) < 4.78 is 0. The van der Waals surface area contributed by atoms with Crippen LogP contribution in [-0.4, -0.2) is 34.6 Å². The maximum absolute atomic E-state index is 5.86. The van der Waals surface area contributed by atoms with Gasteiger partial charge in [-0.1, -0.05) is 6.42 Å². The lowest BCUT2D eigenvalue weighted by atomic mass is 9.88. The Labute approximate surface area is 126 Å². The number of likely N-dealkylation sites (tertiary alicyclic amines) is 1. The zero-order valence-corrected chi connectivity index (χ0v) is 14.0. The van der Waals surface area contributed by atoms with Crippen molar-refractivity contribution < 1.29 is 0 Å². The summed E-state index contributed by atoms with van der Waals surface area (Å²) in [7, 11) is 0. The zero-order valence-electron chi connectivity index (χ0n) is 13.2. The van der Waals surface area contributed by atoms with Crippen LogP contribution in [0.15, 0.2) is 0 Å². The lowest BCUT2D eigenvalue weighted by molar-refractivity contribution is 0.0611. The number of piperidine rings is 1. The summed E-state index contributed by atoms with van der Waals surface area (Å²) in [6.07, 6.45) is 4.86. The Kier molecular flexibility index (Phi) is 5.18. The molecule has 0 radical (unpaired) electrons. The average molecular weight is 296 g/mol. The Hall–Kier alpha value is -0.490. The van der Waals surface area contributed by atoms with Crippen LogP contribution in [0, 0.1) is 13.8 Å². The highest BCUT2D eigenvalue weighted by Gasteiger charge is 2.36. The van der Waals surface area contributed by atoms with E-state index in [1.807, 2.05) is 0 Å². The van der Waals surface area contributed by atoms with Crippen molar-refractivity contribution in [1.82, 2.24) is 15.3 Å². The monoisotopic (exact) mass is 296 g/mol. The van der Waals surface area contributed by atoms with Crippen molar-refractivity contribution >= 4 is 11.3 Å². The van der Waals surface area contributed by atoms with Crippen LogP contribution >= 0.6 is 11.3 Å². The molecule has 2 heterocycles. The molecule has 0 saturated carbocycles. The Balaban J connectivity index is 2.09. The van der Waals surface area contributed by atoms with Crippen molar-refractivity contribution in [2.75, 3.05) is 13.1 Å². The van der Waals surface area contributed by atoms with Gasteiger partial charge in [-0.3, -0.25) is 16.2 Å². The standard InChI is InChI=1S/C15H28N4S/c1-11-12(2)20-14(17-11)10-13(18-16)15(3,4)19-8-6-5-7-9-19/h13,18H,5-10,16H2,1-4H3. The number of hydrazine groups is 1. The van der Waals surface area contributed by atoms with E-state index in [1.54, 1.807) is 11.3 Å². The number of hydrogen-bond acceptors (Lipinski definition) is 5. The number of nitrogens with two attached hydrogens (primary N) is 1. The summed E-state index contributed by atoms with van der Waals surface area (Å²) in [6, 6.07) is 0.227. The molecule has 1 aliphatic heterocycles. The number of rotatable bonds is 5. The largest absolute Gasteiger partial charge is 0.297 e. The van der Waals surface area contributed by atoms with Gasteiger partial charge in [0.15, 0.2) is 0 Å². The SMILES string of the molecule is Cc1nc(CC(NN)C(C)(C)N2CCCCC2)sc1C. The number of thiazole rings is 1. The molecule has 0 bridgehead atoms. The van der Waals surface area contributed by atoms with E-state index in [1.165, 1.54) is 42.2 Å². The fourth-order valence-corrected chi connectivity index (χ4v) is 3.98. The minimum atomic E-state index is 0.0582. The van der Waals surface area contributed by atoms with E-state index in [4.69, 9.17) is 5.84 Å². The number of hydrogen-bond donors (Lipinski definition) is 2. The van der Waals surface area contributed by atoms with Gasteiger partial charge in [-0.2, -0.15) is 0 Å². The third-order valence-corrected chi connectivity index (χ3v) is 5.77. The fourth-order valence-electron chi connectivity index (χ4n) is 3.00. The molecule has 2 rings (SSSR count). The van der Waals surface area contributed by atoms with Gasteiger partial charge in [-0.25, -0.2) is 4.98 Å². The lowest BCUT2D eigenvalue weighted by Crippen LogP contribution is -2.61. The van der Waals surface area contributed by atoms with Crippen molar-refractivity contribution in [3.63, 3.8) is 0 Å². The average Bonchev–Trinajstić information content (AvgIpc) is 2.75. The molecule has 0 spiro atoms. The van der Waals surface area contributed by atoms with Crippen molar-refractivity contribution in [1.29, 1.82) is 0 Å². The quantitative estimate of drug-likeness (QED) is 0.647. The number of aryl methyl sites for hydroxylation is 2. The van der Waals surface area contributed by atoms with E-state index in [0.29, 0.717) is 0 Å². The van der Waals surface area contributed by atoms with Gasteiger partial charge in [0.25, 0.3) is 0 Å². The Morgan fingerprint density at radius 2 is 1.95 bits per heavy atom. The maximum atomic E-state index is 5.86. The first-order valence-corrected chi connectivity index (χ1v) is 8.41.